The van der Waals surface area contributed by atoms with Crippen LogP contribution in [0.2, 0.25) is 0 Å². The molecule has 2 heterocycles. The van der Waals surface area contributed by atoms with Crippen molar-refractivity contribution in [2.24, 2.45) is 5.73 Å². The standard InChI is InChI=1S/C15H13BrN4O2S/c1-8-3-2-4-10(13(8)14(17)21)18-6-12-19-15(20-22-12)11-5-9(16)7-23-11/h2-5,7,18H,6H2,1H3,(H2,17,21). The number of benzene rings is 1. The van der Waals surface area contributed by atoms with Gasteiger partial charge < -0.3 is 15.6 Å². The van der Waals surface area contributed by atoms with E-state index in [0.29, 0.717) is 29.5 Å². The predicted octanol–water partition coefficient (Wildman–Crippen LogP) is 3.58. The van der Waals surface area contributed by atoms with Crippen LogP contribution in [0, 0.1) is 6.92 Å². The van der Waals surface area contributed by atoms with Crippen LogP contribution < -0.4 is 11.1 Å². The van der Waals surface area contributed by atoms with Gasteiger partial charge in [-0.15, -0.1) is 11.3 Å². The highest BCUT2D eigenvalue weighted by molar-refractivity contribution is 9.10. The van der Waals surface area contributed by atoms with Crippen LogP contribution in [0.15, 0.2) is 38.6 Å². The van der Waals surface area contributed by atoms with E-state index in [1.165, 1.54) is 11.3 Å². The van der Waals surface area contributed by atoms with Gasteiger partial charge in [0.15, 0.2) is 0 Å². The van der Waals surface area contributed by atoms with Crippen LogP contribution in [0.3, 0.4) is 0 Å². The third-order valence-electron chi connectivity index (χ3n) is 3.21. The van der Waals surface area contributed by atoms with Crippen LogP contribution in [0.1, 0.15) is 21.8 Å². The number of nitrogens with zero attached hydrogens (tertiary/aromatic N) is 2. The molecule has 3 aromatic rings. The van der Waals surface area contributed by atoms with E-state index in [0.717, 1.165) is 14.9 Å². The highest BCUT2D eigenvalue weighted by Gasteiger charge is 2.13. The zero-order chi connectivity index (χ0) is 16.4. The Morgan fingerprint density at radius 1 is 1.48 bits per heavy atom. The number of aryl methyl sites for hydroxylation is 1. The summed E-state index contributed by atoms with van der Waals surface area (Å²) in [7, 11) is 0. The fourth-order valence-electron chi connectivity index (χ4n) is 2.17. The van der Waals surface area contributed by atoms with E-state index >= 15 is 0 Å². The van der Waals surface area contributed by atoms with E-state index < -0.39 is 5.91 Å². The van der Waals surface area contributed by atoms with E-state index in [1.54, 1.807) is 6.07 Å². The average Bonchev–Trinajstić information content (AvgIpc) is 3.13. The molecule has 0 bridgehead atoms. The van der Waals surface area contributed by atoms with Crippen molar-refractivity contribution in [1.29, 1.82) is 0 Å². The number of halogens is 1. The third-order valence-corrected chi connectivity index (χ3v) is 4.89. The molecule has 0 saturated carbocycles. The number of aromatic nitrogens is 2. The molecule has 0 unspecified atom stereocenters. The number of nitrogens with two attached hydrogens (primary N) is 1. The fourth-order valence-corrected chi connectivity index (χ4v) is 3.52. The van der Waals surface area contributed by atoms with Crippen LogP contribution in [-0.2, 0) is 6.54 Å². The third kappa shape index (κ3) is 3.43. The molecule has 23 heavy (non-hydrogen) atoms. The van der Waals surface area contributed by atoms with E-state index in [4.69, 9.17) is 10.3 Å². The van der Waals surface area contributed by atoms with Gasteiger partial charge in [0.05, 0.1) is 17.0 Å². The number of hydrogen-bond acceptors (Lipinski definition) is 6. The van der Waals surface area contributed by atoms with Crippen molar-refractivity contribution in [3.8, 4) is 10.7 Å². The number of anilines is 1. The fraction of sp³-hybridized carbons (Fsp3) is 0.133. The summed E-state index contributed by atoms with van der Waals surface area (Å²) in [5.41, 5.74) is 7.37. The summed E-state index contributed by atoms with van der Waals surface area (Å²) >= 11 is 4.92. The summed E-state index contributed by atoms with van der Waals surface area (Å²) in [6.45, 7) is 2.15. The Hall–Kier alpha value is -2.19. The summed E-state index contributed by atoms with van der Waals surface area (Å²) < 4.78 is 6.21. The monoisotopic (exact) mass is 392 g/mol. The van der Waals surface area contributed by atoms with Gasteiger partial charge in [0.2, 0.25) is 11.7 Å². The number of rotatable bonds is 5. The van der Waals surface area contributed by atoms with Gasteiger partial charge in [-0.25, -0.2) is 0 Å². The van der Waals surface area contributed by atoms with Crippen molar-refractivity contribution < 1.29 is 9.32 Å². The molecule has 1 aromatic carbocycles. The zero-order valence-electron chi connectivity index (χ0n) is 12.2. The number of thiophene rings is 1. The molecule has 0 atom stereocenters. The van der Waals surface area contributed by atoms with Crippen LogP contribution >= 0.6 is 27.3 Å². The van der Waals surface area contributed by atoms with E-state index in [1.807, 2.05) is 30.5 Å². The summed E-state index contributed by atoms with van der Waals surface area (Å²) in [6, 6.07) is 7.41. The summed E-state index contributed by atoms with van der Waals surface area (Å²) in [5.74, 6) is 0.499. The second-order valence-electron chi connectivity index (χ2n) is 4.86. The summed E-state index contributed by atoms with van der Waals surface area (Å²) in [4.78, 5) is 16.8. The molecule has 0 spiro atoms. The molecule has 0 saturated heterocycles. The van der Waals surface area contributed by atoms with E-state index in [9.17, 15) is 4.79 Å². The van der Waals surface area contributed by atoms with Gasteiger partial charge in [-0.2, -0.15) is 4.98 Å². The lowest BCUT2D eigenvalue weighted by molar-refractivity contribution is 0.100. The number of carbonyl (C=O) groups excluding carboxylic acids is 1. The largest absolute Gasteiger partial charge is 0.375 e. The van der Waals surface area contributed by atoms with Crippen LogP contribution in [-0.4, -0.2) is 16.0 Å². The molecule has 6 nitrogen and oxygen atoms in total. The normalized spacial score (nSPS) is 10.7. The summed E-state index contributed by atoms with van der Waals surface area (Å²) in [6.07, 6.45) is 0. The van der Waals surface area contributed by atoms with Crippen LogP contribution in [0.5, 0.6) is 0 Å². The molecule has 0 aliphatic carbocycles. The second kappa shape index (κ2) is 6.51. The zero-order valence-corrected chi connectivity index (χ0v) is 14.6. The minimum atomic E-state index is -0.472. The molecule has 0 fully saturated rings. The van der Waals surface area contributed by atoms with E-state index in [2.05, 4.69) is 31.4 Å². The van der Waals surface area contributed by atoms with Crippen molar-refractivity contribution in [2.75, 3.05) is 5.32 Å². The maximum absolute atomic E-state index is 11.6. The van der Waals surface area contributed by atoms with Crippen LogP contribution in [0.4, 0.5) is 5.69 Å². The molecule has 118 valence electrons. The van der Waals surface area contributed by atoms with Crippen molar-refractivity contribution in [2.45, 2.75) is 13.5 Å². The second-order valence-corrected chi connectivity index (χ2v) is 6.68. The van der Waals surface area contributed by atoms with Crippen molar-refractivity contribution >= 4 is 38.9 Å². The van der Waals surface area contributed by atoms with Gasteiger partial charge in [-0.05, 0) is 40.5 Å². The SMILES string of the molecule is Cc1cccc(NCc2nc(-c3cc(Br)cs3)no2)c1C(N)=O. The number of nitrogens with one attached hydrogen (secondary N) is 1. The highest BCUT2D eigenvalue weighted by Crippen LogP contribution is 2.28. The van der Waals surface area contributed by atoms with Gasteiger partial charge in [0.25, 0.3) is 5.91 Å². The van der Waals surface area contributed by atoms with Crippen LogP contribution in [0.25, 0.3) is 10.7 Å². The lowest BCUT2D eigenvalue weighted by atomic mass is 10.1. The van der Waals surface area contributed by atoms with Crippen molar-refractivity contribution in [1.82, 2.24) is 10.1 Å². The maximum Gasteiger partial charge on any atom is 0.251 e. The highest BCUT2D eigenvalue weighted by atomic mass is 79.9. The molecule has 0 aliphatic heterocycles. The average molecular weight is 393 g/mol. The van der Waals surface area contributed by atoms with Gasteiger partial charge >= 0.3 is 0 Å². The Labute approximate surface area is 144 Å². The lowest BCUT2D eigenvalue weighted by Gasteiger charge is -2.10. The first-order valence-electron chi connectivity index (χ1n) is 6.75. The smallest absolute Gasteiger partial charge is 0.251 e. The number of carbonyl (C=O) groups is 1. The molecule has 8 heteroatoms. The maximum atomic E-state index is 11.6. The molecule has 3 N–H and O–H groups in total. The van der Waals surface area contributed by atoms with Gasteiger partial charge in [-0.1, -0.05) is 17.3 Å². The Bertz CT molecular complexity index is 859. The number of primary amides is 1. The molecular weight excluding hydrogens is 380 g/mol. The number of hydrogen-bond donors (Lipinski definition) is 2. The molecule has 0 radical (unpaired) electrons. The minimum Gasteiger partial charge on any atom is -0.375 e. The number of amides is 1. The molecule has 3 rings (SSSR count). The van der Waals surface area contributed by atoms with Gasteiger partial charge in [0.1, 0.15) is 0 Å². The summed E-state index contributed by atoms with van der Waals surface area (Å²) in [5, 5.41) is 9.03. The Balaban J connectivity index is 1.76. The quantitative estimate of drug-likeness (QED) is 0.691. The lowest BCUT2D eigenvalue weighted by Crippen LogP contribution is -2.16. The Morgan fingerprint density at radius 3 is 3.00 bits per heavy atom. The van der Waals surface area contributed by atoms with Gasteiger partial charge in [-0.3, -0.25) is 4.79 Å². The topological polar surface area (TPSA) is 94.0 Å². The first-order valence-corrected chi connectivity index (χ1v) is 8.42. The molecule has 2 aromatic heterocycles. The van der Waals surface area contributed by atoms with E-state index in [-0.39, 0.29) is 0 Å². The first kappa shape index (κ1) is 15.7. The molecule has 1 amide bonds. The van der Waals surface area contributed by atoms with Crippen molar-refractivity contribution in [3.63, 3.8) is 0 Å². The Kier molecular flexibility index (Phi) is 4.44. The predicted molar refractivity (Wildman–Crippen MR) is 92.3 cm³/mol. The Morgan fingerprint density at radius 2 is 2.30 bits per heavy atom. The van der Waals surface area contributed by atoms with Crippen molar-refractivity contribution in [3.05, 3.63) is 51.1 Å². The first-order chi connectivity index (χ1) is 11.0. The molecular formula is C15H13BrN4O2S. The molecule has 0 aliphatic rings. The minimum absolute atomic E-state index is 0.309. The van der Waals surface area contributed by atoms with Gasteiger partial charge in [0, 0.05) is 15.5 Å².